The van der Waals surface area contributed by atoms with Gasteiger partial charge in [-0.2, -0.15) is 0 Å². The minimum Gasteiger partial charge on any atom is -0.466 e. The highest BCUT2D eigenvalue weighted by atomic mass is 16.5. The van der Waals surface area contributed by atoms with Gasteiger partial charge >= 0.3 is 5.97 Å². The van der Waals surface area contributed by atoms with E-state index in [2.05, 4.69) is 43.5 Å². The Balaban J connectivity index is 3.46. The van der Waals surface area contributed by atoms with Gasteiger partial charge in [-0.05, 0) is 57.8 Å². The van der Waals surface area contributed by atoms with E-state index in [1.165, 1.54) is 173 Å². The quantitative estimate of drug-likeness (QED) is 0.0323. The third kappa shape index (κ3) is 43.7. The molecule has 0 aliphatic heterocycles. The lowest BCUT2D eigenvalue weighted by molar-refractivity contribution is -0.143. The molecule has 6 heteroatoms. The Morgan fingerprint density at radius 3 is 1.38 bits per heavy atom. The molecule has 0 saturated carbocycles. The monoisotopic (exact) mass is 816 g/mol. The number of amides is 1. The van der Waals surface area contributed by atoms with E-state index in [-0.39, 0.29) is 18.5 Å². The fourth-order valence-corrected chi connectivity index (χ4v) is 7.49. The van der Waals surface area contributed by atoms with Crippen molar-refractivity contribution in [1.82, 2.24) is 5.32 Å². The molecule has 2 unspecified atom stereocenters. The molecule has 340 valence electrons. The Labute approximate surface area is 360 Å². The van der Waals surface area contributed by atoms with Crippen LogP contribution in [0.15, 0.2) is 36.5 Å². The fourth-order valence-electron chi connectivity index (χ4n) is 7.49. The van der Waals surface area contributed by atoms with E-state index in [0.717, 1.165) is 57.8 Å². The summed E-state index contributed by atoms with van der Waals surface area (Å²) in [7, 11) is 0. The maximum Gasteiger partial charge on any atom is 0.305 e. The maximum absolute atomic E-state index is 12.4. The summed E-state index contributed by atoms with van der Waals surface area (Å²) in [6, 6.07) is -0.632. The second-order valence-corrected chi connectivity index (χ2v) is 17.1. The Morgan fingerprint density at radius 2 is 0.897 bits per heavy atom. The van der Waals surface area contributed by atoms with Crippen LogP contribution >= 0.6 is 0 Å². The molecule has 0 aliphatic rings. The number of aliphatic hydroxyl groups excluding tert-OH is 2. The molecule has 0 radical (unpaired) electrons. The van der Waals surface area contributed by atoms with E-state index in [9.17, 15) is 19.8 Å². The van der Waals surface area contributed by atoms with Gasteiger partial charge in [-0.15, -0.1) is 0 Å². The first-order chi connectivity index (χ1) is 28.5. The number of nitrogens with one attached hydrogen (secondary N) is 1. The van der Waals surface area contributed by atoms with Crippen molar-refractivity contribution in [2.75, 3.05) is 13.2 Å². The van der Waals surface area contributed by atoms with Crippen molar-refractivity contribution >= 4 is 11.9 Å². The largest absolute Gasteiger partial charge is 0.466 e. The summed E-state index contributed by atoms with van der Waals surface area (Å²) in [5.41, 5.74) is 0. The molecule has 0 saturated heterocycles. The highest BCUT2D eigenvalue weighted by Crippen LogP contribution is 2.16. The number of allylic oxidation sites excluding steroid dienone is 5. The van der Waals surface area contributed by atoms with E-state index in [1.54, 1.807) is 6.08 Å². The maximum atomic E-state index is 12.4. The molecule has 2 atom stereocenters. The molecule has 58 heavy (non-hydrogen) atoms. The molecule has 3 N–H and O–H groups in total. The summed E-state index contributed by atoms with van der Waals surface area (Å²) >= 11 is 0. The van der Waals surface area contributed by atoms with E-state index in [0.29, 0.717) is 19.4 Å². The van der Waals surface area contributed by atoms with Crippen molar-refractivity contribution in [3.8, 4) is 0 Å². The average Bonchev–Trinajstić information content (AvgIpc) is 3.22. The van der Waals surface area contributed by atoms with Gasteiger partial charge in [0, 0.05) is 12.8 Å². The molecule has 0 aliphatic carbocycles. The molecule has 6 nitrogen and oxygen atoms in total. The van der Waals surface area contributed by atoms with Crippen molar-refractivity contribution in [2.45, 2.75) is 270 Å². The molecule has 0 spiro atoms. The number of carbonyl (C=O) groups excluding carboxylic acids is 2. The van der Waals surface area contributed by atoms with Crippen LogP contribution in [-0.4, -0.2) is 47.4 Å². The first kappa shape index (κ1) is 56.1. The van der Waals surface area contributed by atoms with Crippen LogP contribution < -0.4 is 5.32 Å². The van der Waals surface area contributed by atoms with Crippen molar-refractivity contribution in [1.29, 1.82) is 0 Å². The number of hydrogen-bond donors (Lipinski definition) is 3. The Kier molecular flexibility index (Phi) is 46.2. The number of rotatable bonds is 46. The molecular weight excluding hydrogens is 719 g/mol. The Bertz CT molecular complexity index is 946. The minimum atomic E-state index is -0.848. The summed E-state index contributed by atoms with van der Waals surface area (Å²) < 4.78 is 5.45. The van der Waals surface area contributed by atoms with Gasteiger partial charge in [0.25, 0.3) is 0 Å². The van der Waals surface area contributed by atoms with Crippen molar-refractivity contribution in [2.24, 2.45) is 0 Å². The molecule has 0 heterocycles. The highest BCUT2D eigenvalue weighted by molar-refractivity contribution is 5.76. The smallest absolute Gasteiger partial charge is 0.305 e. The summed E-state index contributed by atoms with van der Waals surface area (Å²) in [6.45, 7) is 4.80. The van der Waals surface area contributed by atoms with Gasteiger partial charge in [-0.1, -0.05) is 224 Å². The molecule has 1 amide bonds. The van der Waals surface area contributed by atoms with Gasteiger partial charge in [0.2, 0.25) is 5.91 Å². The van der Waals surface area contributed by atoms with Crippen LogP contribution in [0.5, 0.6) is 0 Å². The third-order valence-corrected chi connectivity index (χ3v) is 11.4. The molecular formula is C52H97NO5. The SMILES string of the molecule is CCC/C=C\C/C=C\CCCCCCCC(=O)OCCCCCCCCCCCCCCCCCCC(=O)NC(CO)C(O)/C=C/CCCCCCCCCCCC. The highest BCUT2D eigenvalue weighted by Gasteiger charge is 2.18. The summed E-state index contributed by atoms with van der Waals surface area (Å²) in [4.78, 5) is 24.4. The Hall–Kier alpha value is -1.92. The van der Waals surface area contributed by atoms with Crippen molar-refractivity contribution in [3.63, 3.8) is 0 Å². The molecule has 0 aromatic heterocycles. The van der Waals surface area contributed by atoms with E-state index < -0.39 is 12.1 Å². The van der Waals surface area contributed by atoms with E-state index >= 15 is 0 Å². The minimum absolute atomic E-state index is 0.0140. The number of unbranched alkanes of at least 4 members (excludes halogenated alkanes) is 31. The Morgan fingerprint density at radius 1 is 0.483 bits per heavy atom. The molecule has 0 bridgehead atoms. The van der Waals surface area contributed by atoms with E-state index in [1.807, 2.05) is 6.08 Å². The number of hydrogen-bond acceptors (Lipinski definition) is 5. The van der Waals surface area contributed by atoms with E-state index in [4.69, 9.17) is 4.74 Å². The van der Waals surface area contributed by atoms with Gasteiger partial charge in [-0.3, -0.25) is 9.59 Å². The third-order valence-electron chi connectivity index (χ3n) is 11.4. The average molecular weight is 816 g/mol. The van der Waals surface area contributed by atoms with Crippen LogP contribution in [-0.2, 0) is 14.3 Å². The number of carbonyl (C=O) groups is 2. The standard InChI is InChI=1S/C52H97NO5/c1-3-5-7-9-11-13-15-21-26-30-34-38-42-46-52(57)58-47-43-39-35-31-27-23-20-18-17-19-22-25-29-33-37-41-45-51(56)53-49(48-54)50(55)44-40-36-32-28-24-16-14-12-10-8-6-4-2/h7,9,13,15,40,44,49-50,54-55H,3-6,8,10-12,14,16-39,41-43,45-48H2,1-2H3,(H,53,56)/b9-7-,15-13-,44-40+. The lowest BCUT2D eigenvalue weighted by Crippen LogP contribution is -2.45. The van der Waals surface area contributed by atoms with Gasteiger partial charge in [-0.25, -0.2) is 0 Å². The van der Waals surface area contributed by atoms with Crippen LogP contribution in [0, 0.1) is 0 Å². The van der Waals surface area contributed by atoms with Gasteiger partial charge in [0.15, 0.2) is 0 Å². The van der Waals surface area contributed by atoms with Crippen LogP contribution in [0.25, 0.3) is 0 Å². The summed E-state index contributed by atoms with van der Waals surface area (Å²) in [5.74, 6) is -0.0909. The topological polar surface area (TPSA) is 95.9 Å². The van der Waals surface area contributed by atoms with Gasteiger partial charge in [0.1, 0.15) is 0 Å². The fraction of sp³-hybridized carbons (Fsp3) is 0.846. The first-order valence-electron chi connectivity index (χ1n) is 25.3. The summed E-state index contributed by atoms with van der Waals surface area (Å²) in [5, 5.41) is 23.0. The summed E-state index contributed by atoms with van der Waals surface area (Å²) in [6.07, 6.45) is 57.1. The molecule has 0 aromatic carbocycles. The number of esters is 1. The van der Waals surface area contributed by atoms with Crippen LogP contribution in [0.2, 0.25) is 0 Å². The number of ether oxygens (including phenoxy) is 1. The van der Waals surface area contributed by atoms with Crippen molar-refractivity contribution in [3.05, 3.63) is 36.5 Å². The predicted octanol–water partition coefficient (Wildman–Crippen LogP) is 14.9. The van der Waals surface area contributed by atoms with Gasteiger partial charge in [0.05, 0.1) is 25.4 Å². The molecule has 0 fully saturated rings. The molecule has 0 aromatic rings. The normalized spacial score (nSPS) is 13.0. The number of aliphatic hydroxyl groups is 2. The lowest BCUT2D eigenvalue weighted by Gasteiger charge is -2.20. The first-order valence-corrected chi connectivity index (χ1v) is 25.3. The van der Waals surface area contributed by atoms with Gasteiger partial charge < -0.3 is 20.3 Å². The van der Waals surface area contributed by atoms with Crippen molar-refractivity contribution < 1.29 is 24.5 Å². The predicted molar refractivity (Wildman–Crippen MR) is 250 cm³/mol. The van der Waals surface area contributed by atoms with Crippen LogP contribution in [0.3, 0.4) is 0 Å². The van der Waals surface area contributed by atoms with Crippen LogP contribution in [0.1, 0.15) is 258 Å². The zero-order chi connectivity index (χ0) is 42.3. The zero-order valence-corrected chi connectivity index (χ0v) is 38.5. The molecule has 0 rings (SSSR count). The lowest BCUT2D eigenvalue weighted by atomic mass is 10.0. The second kappa shape index (κ2) is 47.8. The second-order valence-electron chi connectivity index (χ2n) is 17.1. The van der Waals surface area contributed by atoms with Crippen LogP contribution in [0.4, 0.5) is 0 Å². The zero-order valence-electron chi connectivity index (χ0n) is 38.5.